The van der Waals surface area contributed by atoms with Crippen molar-refractivity contribution in [3.63, 3.8) is 0 Å². The minimum atomic E-state index is -0.313. The standard InChI is InChI=1S/C13H17NO2S/c1-10(15)17-12(7-8-13(14)16)9-11-5-3-2-4-6-11/h2-6,12H,7-9H2,1H3,(H2,14,16). The third-order valence-electron chi connectivity index (χ3n) is 2.35. The predicted molar refractivity (Wildman–Crippen MR) is 70.6 cm³/mol. The molecule has 0 fully saturated rings. The second kappa shape index (κ2) is 7.12. The van der Waals surface area contributed by atoms with Crippen LogP contribution in [0.1, 0.15) is 25.3 Å². The number of carbonyl (C=O) groups is 2. The van der Waals surface area contributed by atoms with Crippen molar-refractivity contribution < 1.29 is 9.59 Å². The van der Waals surface area contributed by atoms with Crippen LogP contribution in [0, 0.1) is 0 Å². The Labute approximate surface area is 106 Å². The summed E-state index contributed by atoms with van der Waals surface area (Å²) in [6.07, 6.45) is 1.77. The summed E-state index contributed by atoms with van der Waals surface area (Å²) in [5.41, 5.74) is 6.31. The van der Waals surface area contributed by atoms with Crippen molar-refractivity contribution >= 4 is 22.8 Å². The molecule has 1 aromatic carbocycles. The quantitative estimate of drug-likeness (QED) is 0.842. The van der Waals surface area contributed by atoms with Gasteiger partial charge in [0, 0.05) is 18.6 Å². The molecule has 2 N–H and O–H groups in total. The molecule has 0 aliphatic carbocycles. The van der Waals surface area contributed by atoms with Crippen molar-refractivity contribution in [3.05, 3.63) is 35.9 Å². The van der Waals surface area contributed by atoms with Crippen molar-refractivity contribution in [1.29, 1.82) is 0 Å². The molecule has 92 valence electrons. The highest BCUT2D eigenvalue weighted by Gasteiger charge is 2.14. The average Bonchev–Trinajstić information content (AvgIpc) is 2.26. The molecule has 0 aromatic heterocycles. The maximum atomic E-state index is 11.1. The zero-order valence-corrected chi connectivity index (χ0v) is 10.7. The van der Waals surface area contributed by atoms with Crippen LogP contribution in [-0.2, 0) is 16.0 Å². The Balaban J connectivity index is 2.56. The highest BCUT2D eigenvalue weighted by molar-refractivity contribution is 8.14. The SMILES string of the molecule is CC(=O)SC(CCC(N)=O)Cc1ccccc1. The molecule has 0 heterocycles. The molecule has 0 saturated carbocycles. The first-order chi connectivity index (χ1) is 8.08. The lowest BCUT2D eigenvalue weighted by Gasteiger charge is -2.13. The largest absolute Gasteiger partial charge is 0.370 e. The Morgan fingerprint density at radius 1 is 1.29 bits per heavy atom. The molecule has 0 spiro atoms. The maximum Gasteiger partial charge on any atom is 0.217 e. The van der Waals surface area contributed by atoms with Crippen LogP contribution in [0.3, 0.4) is 0 Å². The van der Waals surface area contributed by atoms with E-state index in [4.69, 9.17) is 5.73 Å². The number of benzene rings is 1. The first-order valence-electron chi connectivity index (χ1n) is 5.57. The van der Waals surface area contributed by atoms with E-state index in [1.54, 1.807) is 6.92 Å². The Morgan fingerprint density at radius 3 is 2.47 bits per heavy atom. The molecule has 1 aromatic rings. The zero-order valence-electron chi connectivity index (χ0n) is 9.89. The smallest absolute Gasteiger partial charge is 0.217 e. The van der Waals surface area contributed by atoms with Gasteiger partial charge in [0.25, 0.3) is 0 Å². The van der Waals surface area contributed by atoms with E-state index in [1.807, 2.05) is 30.3 Å². The Hall–Kier alpha value is -1.29. The lowest BCUT2D eigenvalue weighted by molar-refractivity contribution is -0.118. The van der Waals surface area contributed by atoms with Crippen molar-refractivity contribution in [2.75, 3.05) is 0 Å². The van der Waals surface area contributed by atoms with Crippen LogP contribution in [0.4, 0.5) is 0 Å². The molecular weight excluding hydrogens is 234 g/mol. The fourth-order valence-electron chi connectivity index (χ4n) is 1.62. The summed E-state index contributed by atoms with van der Waals surface area (Å²) in [4.78, 5) is 21.9. The number of hydrogen-bond acceptors (Lipinski definition) is 3. The zero-order chi connectivity index (χ0) is 12.7. The third-order valence-corrected chi connectivity index (χ3v) is 3.42. The molecule has 1 atom stereocenters. The van der Waals surface area contributed by atoms with E-state index >= 15 is 0 Å². The van der Waals surface area contributed by atoms with Crippen molar-refractivity contribution in [3.8, 4) is 0 Å². The molecule has 0 aliphatic heterocycles. The minimum absolute atomic E-state index is 0.0791. The molecular formula is C13H17NO2S. The van der Waals surface area contributed by atoms with Gasteiger partial charge < -0.3 is 5.73 Å². The monoisotopic (exact) mass is 251 g/mol. The van der Waals surface area contributed by atoms with Gasteiger partial charge in [0.05, 0.1) is 0 Å². The molecule has 0 bridgehead atoms. The number of primary amides is 1. The third kappa shape index (κ3) is 6.12. The van der Waals surface area contributed by atoms with E-state index in [0.717, 1.165) is 6.42 Å². The second-order valence-corrected chi connectivity index (χ2v) is 5.40. The highest BCUT2D eigenvalue weighted by Crippen LogP contribution is 2.21. The summed E-state index contributed by atoms with van der Waals surface area (Å²) < 4.78 is 0. The van der Waals surface area contributed by atoms with E-state index < -0.39 is 0 Å². The van der Waals surface area contributed by atoms with Crippen LogP contribution in [-0.4, -0.2) is 16.3 Å². The molecule has 1 rings (SSSR count). The number of carbonyl (C=O) groups excluding carboxylic acids is 2. The number of nitrogens with two attached hydrogens (primary N) is 1. The number of amides is 1. The van der Waals surface area contributed by atoms with Crippen LogP contribution >= 0.6 is 11.8 Å². The van der Waals surface area contributed by atoms with E-state index in [9.17, 15) is 9.59 Å². The molecule has 1 amide bonds. The van der Waals surface area contributed by atoms with E-state index in [2.05, 4.69) is 0 Å². The summed E-state index contributed by atoms with van der Waals surface area (Å²) in [5, 5.41) is 0.206. The lowest BCUT2D eigenvalue weighted by Crippen LogP contribution is -2.16. The van der Waals surface area contributed by atoms with Crippen molar-refractivity contribution in [2.45, 2.75) is 31.4 Å². The fourth-order valence-corrected chi connectivity index (χ4v) is 2.60. The van der Waals surface area contributed by atoms with E-state index in [-0.39, 0.29) is 16.3 Å². The van der Waals surface area contributed by atoms with Gasteiger partial charge in [-0.15, -0.1) is 0 Å². The summed E-state index contributed by atoms with van der Waals surface area (Å²) in [6, 6.07) is 9.95. The van der Waals surface area contributed by atoms with Crippen molar-refractivity contribution in [1.82, 2.24) is 0 Å². The number of rotatable bonds is 6. The van der Waals surface area contributed by atoms with Crippen LogP contribution in [0.5, 0.6) is 0 Å². The second-order valence-electron chi connectivity index (χ2n) is 3.93. The Morgan fingerprint density at radius 2 is 1.94 bits per heavy atom. The molecule has 1 unspecified atom stereocenters. The Bertz CT molecular complexity index is 378. The highest BCUT2D eigenvalue weighted by atomic mass is 32.2. The van der Waals surface area contributed by atoms with Gasteiger partial charge in [0.2, 0.25) is 5.91 Å². The van der Waals surface area contributed by atoms with Crippen LogP contribution in [0.15, 0.2) is 30.3 Å². The van der Waals surface area contributed by atoms with Gasteiger partial charge in [0.15, 0.2) is 5.12 Å². The van der Waals surface area contributed by atoms with Gasteiger partial charge >= 0.3 is 0 Å². The van der Waals surface area contributed by atoms with Gasteiger partial charge in [-0.25, -0.2) is 0 Å². The van der Waals surface area contributed by atoms with Crippen LogP contribution in [0.2, 0.25) is 0 Å². The fraction of sp³-hybridized carbons (Fsp3) is 0.385. The molecule has 0 radical (unpaired) electrons. The maximum absolute atomic E-state index is 11.1. The summed E-state index contributed by atoms with van der Waals surface area (Å²) in [6.45, 7) is 1.55. The van der Waals surface area contributed by atoms with Crippen molar-refractivity contribution in [2.24, 2.45) is 5.73 Å². The minimum Gasteiger partial charge on any atom is -0.370 e. The summed E-state index contributed by atoms with van der Waals surface area (Å²) in [7, 11) is 0. The molecule has 0 aliphatic rings. The van der Waals surface area contributed by atoms with Crippen LogP contribution < -0.4 is 5.73 Å². The van der Waals surface area contributed by atoms with Gasteiger partial charge in [-0.05, 0) is 18.4 Å². The molecule has 3 nitrogen and oxygen atoms in total. The number of thioether (sulfide) groups is 1. The Kier molecular flexibility index (Phi) is 5.77. The predicted octanol–water partition coefficient (Wildman–Crippen LogP) is 2.14. The summed E-state index contributed by atoms with van der Waals surface area (Å²) >= 11 is 1.29. The van der Waals surface area contributed by atoms with Gasteiger partial charge in [-0.2, -0.15) is 0 Å². The van der Waals surface area contributed by atoms with Crippen LogP contribution in [0.25, 0.3) is 0 Å². The van der Waals surface area contributed by atoms with E-state index in [0.29, 0.717) is 12.8 Å². The average molecular weight is 251 g/mol. The molecule has 17 heavy (non-hydrogen) atoms. The first-order valence-corrected chi connectivity index (χ1v) is 6.45. The summed E-state index contributed by atoms with van der Waals surface area (Å²) in [5.74, 6) is -0.313. The topological polar surface area (TPSA) is 60.2 Å². The van der Waals surface area contributed by atoms with E-state index in [1.165, 1.54) is 17.3 Å². The lowest BCUT2D eigenvalue weighted by atomic mass is 10.1. The van der Waals surface area contributed by atoms with Gasteiger partial charge in [-0.3, -0.25) is 9.59 Å². The molecule has 4 heteroatoms. The first kappa shape index (κ1) is 13.8. The normalized spacial score (nSPS) is 12.1. The van der Waals surface area contributed by atoms with Gasteiger partial charge in [0.1, 0.15) is 0 Å². The molecule has 0 saturated heterocycles. The van der Waals surface area contributed by atoms with Gasteiger partial charge in [-0.1, -0.05) is 42.1 Å². The number of hydrogen-bond donors (Lipinski definition) is 1.